The van der Waals surface area contributed by atoms with Crippen molar-refractivity contribution in [3.05, 3.63) is 50.4 Å². The van der Waals surface area contributed by atoms with Gasteiger partial charge in [-0.3, -0.25) is 4.79 Å². The Morgan fingerprint density at radius 2 is 2.25 bits per heavy atom. The fourth-order valence-corrected chi connectivity index (χ4v) is 2.64. The Balaban J connectivity index is 2.26. The minimum absolute atomic E-state index is 0.168. The summed E-state index contributed by atoms with van der Waals surface area (Å²) in [5.74, 6) is 4.70. The molecular weight excluding hydrogens is 343 g/mol. The third-order valence-electron chi connectivity index (χ3n) is 2.38. The molecule has 2 aromatic rings. The van der Waals surface area contributed by atoms with Gasteiger partial charge in [-0.25, -0.2) is 4.39 Å². The molecule has 0 spiro atoms. The van der Waals surface area contributed by atoms with Crippen LogP contribution in [0.15, 0.2) is 33.4 Å². The van der Waals surface area contributed by atoms with Gasteiger partial charge in [0.2, 0.25) is 0 Å². The zero-order valence-corrected chi connectivity index (χ0v) is 12.6. The van der Waals surface area contributed by atoms with Gasteiger partial charge < -0.3 is 11.1 Å². The number of nitrogens with one attached hydrogen (secondary N) is 1. The summed E-state index contributed by atoms with van der Waals surface area (Å²) >= 11 is 4.71. The van der Waals surface area contributed by atoms with Gasteiger partial charge in [-0.05, 0) is 40.2 Å². The van der Waals surface area contributed by atoms with E-state index in [1.54, 1.807) is 11.4 Å². The summed E-state index contributed by atoms with van der Waals surface area (Å²) in [5.41, 5.74) is 6.69. The van der Waals surface area contributed by atoms with Crippen LogP contribution >= 0.6 is 27.3 Å². The van der Waals surface area contributed by atoms with Crippen molar-refractivity contribution in [2.24, 2.45) is 5.73 Å². The van der Waals surface area contributed by atoms with Crippen LogP contribution < -0.4 is 11.1 Å². The van der Waals surface area contributed by atoms with Gasteiger partial charge in [0, 0.05) is 5.38 Å². The van der Waals surface area contributed by atoms with Crippen molar-refractivity contribution in [1.29, 1.82) is 0 Å². The van der Waals surface area contributed by atoms with Gasteiger partial charge >= 0.3 is 0 Å². The van der Waals surface area contributed by atoms with E-state index >= 15 is 0 Å². The van der Waals surface area contributed by atoms with Gasteiger partial charge in [-0.15, -0.1) is 11.3 Å². The van der Waals surface area contributed by atoms with Crippen LogP contribution in [0.3, 0.4) is 0 Å². The van der Waals surface area contributed by atoms with Crippen LogP contribution in [0.1, 0.15) is 15.9 Å². The molecule has 0 fully saturated rings. The van der Waals surface area contributed by atoms with Crippen LogP contribution in [0.4, 0.5) is 10.1 Å². The Hall–Kier alpha value is -1.68. The van der Waals surface area contributed by atoms with Crippen LogP contribution in [0, 0.1) is 17.7 Å². The summed E-state index contributed by atoms with van der Waals surface area (Å²) < 4.78 is 14.1. The van der Waals surface area contributed by atoms with Crippen LogP contribution in [0.2, 0.25) is 0 Å². The molecule has 6 heteroatoms. The largest absolute Gasteiger partial charge is 0.321 e. The number of anilines is 1. The summed E-state index contributed by atoms with van der Waals surface area (Å²) in [6.07, 6.45) is 0. The summed E-state index contributed by atoms with van der Waals surface area (Å²) in [4.78, 5) is 12.0. The zero-order valence-electron chi connectivity index (χ0n) is 10.2. The molecule has 3 nitrogen and oxygen atoms in total. The van der Waals surface area contributed by atoms with E-state index in [0.29, 0.717) is 16.8 Å². The highest BCUT2D eigenvalue weighted by Crippen LogP contribution is 2.22. The first kappa shape index (κ1) is 14.7. The highest BCUT2D eigenvalue weighted by molar-refractivity contribution is 9.11. The maximum atomic E-state index is 13.2. The van der Waals surface area contributed by atoms with Crippen LogP contribution in [0.5, 0.6) is 0 Å². The van der Waals surface area contributed by atoms with Gasteiger partial charge in [0.05, 0.1) is 27.1 Å². The molecule has 1 aromatic carbocycles. The van der Waals surface area contributed by atoms with Crippen LogP contribution in [0.25, 0.3) is 0 Å². The molecule has 0 saturated carbocycles. The second-order valence-electron chi connectivity index (χ2n) is 3.79. The van der Waals surface area contributed by atoms with Gasteiger partial charge in [0.1, 0.15) is 5.82 Å². The molecule has 2 rings (SSSR count). The van der Waals surface area contributed by atoms with E-state index in [4.69, 9.17) is 5.73 Å². The smallest absolute Gasteiger partial charge is 0.256 e. The number of rotatable bonds is 2. The van der Waals surface area contributed by atoms with E-state index < -0.39 is 5.82 Å². The SMILES string of the molecule is NCC#Cc1cc(F)ccc1NC(=O)c1csc(Br)c1. The molecule has 102 valence electrons. The molecule has 0 aliphatic rings. The molecular formula is C14H10BrFN2OS. The van der Waals surface area contributed by atoms with Crippen molar-refractivity contribution in [2.75, 3.05) is 11.9 Å². The number of halogens is 2. The molecule has 0 bridgehead atoms. The van der Waals surface area contributed by atoms with Gasteiger partial charge in [-0.1, -0.05) is 11.8 Å². The van der Waals surface area contributed by atoms with E-state index in [2.05, 4.69) is 33.1 Å². The Kier molecular flexibility index (Phi) is 4.90. The van der Waals surface area contributed by atoms with Gasteiger partial charge in [0.15, 0.2) is 0 Å². The zero-order chi connectivity index (χ0) is 14.5. The fourth-order valence-electron chi connectivity index (χ4n) is 1.50. The van der Waals surface area contributed by atoms with Crippen molar-refractivity contribution >= 4 is 38.9 Å². The Morgan fingerprint density at radius 1 is 1.45 bits per heavy atom. The maximum Gasteiger partial charge on any atom is 0.256 e. The first-order valence-electron chi connectivity index (χ1n) is 5.64. The number of thiophene rings is 1. The Bertz CT molecular complexity index is 703. The Morgan fingerprint density at radius 3 is 2.90 bits per heavy atom. The number of carbonyl (C=O) groups is 1. The molecule has 3 N–H and O–H groups in total. The minimum Gasteiger partial charge on any atom is -0.321 e. The molecule has 0 atom stereocenters. The number of benzene rings is 1. The van der Waals surface area contributed by atoms with E-state index in [1.807, 2.05) is 0 Å². The Labute approximate surface area is 128 Å². The summed E-state index contributed by atoms with van der Waals surface area (Å²) in [7, 11) is 0. The van der Waals surface area contributed by atoms with Crippen LogP contribution in [-0.2, 0) is 0 Å². The van der Waals surface area contributed by atoms with Crippen molar-refractivity contribution in [3.8, 4) is 11.8 Å². The molecule has 1 aromatic heterocycles. The van der Waals surface area contributed by atoms with Crippen LogP contribution in [-0.4, -0.2) is 12.5 Å². The van der Waals surface area contributed by atoms with E-state index in [0.717, 1.165) is 3.79 Å². The molecule has 1 amide bonds. The summed E-state index contributed by atoms with van der Waals surface area (Å²) in [5, 5.41) is 4.44. The predicted molar refractivity (Wildman–Crippen MR) is 82.3 cm³/mol. The molecule has 20 heavy (non-hydrogen) atoms. The van der Waals surface area contributed by atoms with Crippen molar-refractivity contribution in [2.45, 2.75) is 0 Å². The standard InChI is InChI=1S/C14H10BrFN2OS/c15-13-7-10(8-20-13)14(19)18-12-4-3-11(16)6-9(12)2-1-5-17/h3-4,6-8H,5,17H2,(H,18,19). The lowest BCUT2D eigenvalue weighted by molar-refractivity contribution is 0.102. The quantitative estimate of drug-likeness (QED) is 0.815. The highest BCUT2D eigenvalue weighted by atomic mass is 79.9. The number of nitrogens with two attached hydrogens (primary N) is 1. The first-order chi connectivity index (χ1) is 9.60. The van der Waals surface area contributed by atoms with E-state index in [-0.39, 0.29) is 12.5 Å². The number of hydrogen-bond acceptors (Lipinski definition) is 3. The van der Waals surface area contributed by atoms with Gasteiger partial charge in [0.25, 0.3) is 5.91 Å². The van der Waals surface area contributed by atoms with Gasteiger partial charge in [-0.2, -0.15) is 0 Å². The average molecular weight is 353 g/mol. The van der Waals surface area contributed by atoms with E-state index in [9.17, 15) is 9.18 Å². The third kappa shape index (κ3) is 3.67. The first-order valence-corrected chi connectivity index (χ1v) is 7.31. The molecule has 0 radical (unpaired) electrons. The lowest BCUT2D eigenvalue weighted by atomic mass is 10.1. The fraction of sp³-hybridized carbons (Fsp3) is 0.0714. The number of carbonyl (C=O) groups excluding carboxylic acids is 1. The topological polar surface area (TPSA) is 55.1 Å². The summed E-state index contributed by atoms with van der Waals surface area (Å²) in [6.45, 7) is 0.168. The van der Waals surface area contributed by atoms with Crippen molar-refractivity contribution in [1.82, 2.24) is 0 Å². The normalized spacial score (nSPS) is 9.75. The molecule has 0 aliphatic heterocycles. The second-order valence-corrected chi connectivity index (χ2v) is 6.08. The monoisotopic (exact) mass is 352 g/mol. The van der Waals surface area contributed by atoms with Crippen molar-refractivity contribution in [3.63, 3.8) is 0 Å². The summed E-state index contributed by atoms with van der Waals surface area (Å²) in [6, 6.07) is 5.73. The maximum absolute atomic E-state index is 13.2. The predicted octanol–water partition coefficient (Wildman–Crippen LogP) is 3.21. The molecule has 1 heterocycles. The number of hydrogen-bond donors (Lipinski definition) is 2. The highest BCUT2D eigenvalue weighted by Gasteiger charge is 2.10. The average Bonchev–Trinajstić information content (AvgIpc) is 2.85. The molecule has 0 aliphatic carbocycles. The van der Waals surface area contributed by atoms with Crippen molar-refractivity contribution < 1.29 is 9.18 Å². The molecule has 0 saturated heterocycles. The number of amides is 1. The lowest BCUT2D eigenvalue weighted by Crippen LogP contribution is -2.12. The second kappa shape index (κ2) is 6.66. The third-order valence-corrected chi connectivity index (χ3v) is 3.89. The lowest BCUT2D eigenvalue weighted by Gasteiger charge is -2.06. The molecule has 0 unspecified atom stereocenters. The van der Waals surface area contributed by atoms with E-state index in [1.165, 1.54) is 29.5 Å². The minimum atomic E-state index is -0.414.